The second-order valence-electron chi connectivity index (χ2n) is 6.20. The first kappa shape index (κ1) is 28.3. The summed E-state index contributed by atoms with van der Waals surface area (Å²) >= 11 is 0. The predicted octanol–water partition coefficient (Wildman–Crippen LogP) is 6.38. The van der Waals surface area contributed by atoms with E-state index in [1.165, 1.54) is 16.7 Å². The Balaban J connectivity index is -0.000000328. The van der Waals surface area contributed by atoms with E-state index in [1.54, 1.807) is 6.08 Å². The minimum atomic E-state index is 0. The fourth-order valence-corrected chi connectivity index (χ4v) is 2.45. The van der Waals surface area contributed by atoms with Crippen molar-refractivity contribution < 1.29 is 26.8 Å². The van der Waals surface area contributed by atoms with E-state index in [0.717, 1.165) is 17.5 Å². The molecule has 1 aliphatic carbocycles. The van der Waals surface area contributed by atoms with Gasteiger partial charge in [0.1, 0.15) is 5.75 Å². The minimum absolute atomic E-state index is 0. The number of rotatable bonds is 2. The first-order valence-electron chi connectivity index (χ1n) is 7.39. The van der Waals surface area contributed by atoms with Gasteiger partial charge in [-0.25, -0.2) is 5.57 Å². The number of phenols is 1. The summed E-state index contributed by atoms with van der Waals surface area (Å²) in [6.07, 6.45) is 5.95. The summed E-state index contributed by atoms with van der Waals surface area (Å²) in [7, 11) is 0. The first-order chi connectivity index (χ1) is 9.70. The third-order valence-corrected chi connectivity index (χ3v) is 4.25. The number of hydrogen-bond donors (Lipinski definition) is 1. The van der Waals surface area contributed by atoms with Crippen LogP contribution in [0.15, 0.2) is 47.6 Å². The number of hydrogen-bond acceptors (Lipinski definition) is 1. The maximum Gasteiger partial charge on any atom is 0.121 e. The molecule has 0 saturated carbocycles. The standard InChI is InChI=1S/C10H12O.C10H15.2ClH.Ti/c1-3-5-9-7-4-6-8(2)10(9)11;1-7-6-10(4,5)9(3)8(7)2;;;/h3-4,6-7,11H,1,5H2,2H3;1-5H3;2*1H;/q;-1;;;. The molecule has 1 nitrogen and oxygen atoms in total. The van der Waals surface area contributed by atoms with E-state index >= 15 is 0 Å². The normalized spacial score (nSPS) is 14.2. The van der Waals surface area contributed by atoms with Crippen LogP contribution in [0.1, 0.15) is 45.7 Å². The number of aromatic hydroxyl groups is 1. The Morgan fingerprint density at radius 2 is 1.67 bits per heavy atom. The zero-order chi connectivity index (χ0) is 16.2. The third kappa shape index (κ3) is 7.19. The number of phenolic OH excluding ortho intramolecular Hbond substituents is 1. The summed E-state index contributed by atoms with van der Waals surface area (Å²) in [5, 5.41) is 9.48. The van der Waals surface area contributed by atoms with Gasteiger partial charge in [0.25, 0.3) is 0 Å². The van der Waals surface area contributed by atoms with Crippen LogP contribution in [0.2, 0.25) is 0 Å². The van der Waals surface area contributed by atoms with Crippen molar-refractivity contribution in [2.24, 2.45) is 5.41 Å². The van der Waals surface area contributed by atoms with Gasteiger partial charge in [-0.05, 0) is 24.5 Å². The van der Waals surface area contributed by atoms with E-state index in [2.05, 4.69) is 47.3 Å². The quantitative estimate of drug-likeness (QED) is 0.345. The molecule has 0 amide bonds. The molecule has 0 spiro atoms. The molecule has 0 saturated heterocycles. The van der Waals surface area contributed by atoms with E-state index in [1.807, 2.05) is 25.1 Å². The Kier molecular flexibility index (Phi) is 14.1. The molecule has 134 valence electrons. The van der Waals surface area contributed by atoms with Crippen molar-refractivity contribution in [3.8, 4) is 5.75 Å². The van der Waals surface area contributed by atoms with Crippen molar-refractivity contribution in [2.45, 2.75) is 48.0 Å². The Hall–Kier alpha value is -0.466. The Labute approximate surface area is 175 Å². The third-order valence-electron chi connectivity index (χ3n) is 4.25. The van der Waals surface area contributed by atoms with Gasteiger partial charge in [0.15, 0.2) is 0 Å². The van der Waals surface area contributed by atoms with Gasteiger partial charge in [-0.1, -0.05) is 57.4 Å². The zero-order valence-electron chi connectivity index (χ0n) is 15.5. The summed E-state index contributed by atoms with van der Waals surface area (Å²) in [6, 6.07) is 5.74. The molecule has 0 bridgehead atoms. The molecule has 0 atom stereocenters. The molecule has 1 aromatic rings. The van der Waals surface area contributed by atoms with Crippen molar-refractivity contribution in [2.75, 3.05) is 0 Å². The van der Waals surface area contributed by atoms with Crippen LogP contribution in [0.3, 0.4) is 0 Å². The number of allylic oxidation sites excluding steroid dienone is 5. The average Bonchev–Trinajstić information content (AvgIpc) is 2.59. The summed E-state index contributed by atoms with van der Waals surface area (Å²) in [5.41, 5.74) is 6.26. The topological polar surface area (TPSA) is 20.2 Å². The van der Waals surface area contributed by atoms with Crippen molar-refractivity contribution >= 4 is 24.8 Å². The van der Waals surface area contributed by atoms with Crippen LogP contribution in [-0.4, -0.2) is 5.11 Å². The van der Waals surface area contributed by atoms with Crippen LogP contribution in [0.4, 0.5) is 0 Å². The fourth-order valence-electron chi connectivity index (χ4n) is 2.45. The van der Waals surface area contributed by atoms with E-state index in [0.29, 0.717) is 5.75 Å². The number of benzene rings is 1. The smallest absolute Gasteiger partial charge is 0.121 e. The largest absolute Gasteiger partial charge is 0.507 e. The molecular formula is C20H29Cl2OTi-. The second kappa shape index (κ2) is 12.0. The molecule has 0 radical (unpaired) electrons. The molecule has 24 heavy (non-hydrogen) atoms. The van der Waals surface area contributed by atoms with Gasteiger partial charge in [-0.15, -0.1) is 38.3 Å². The Morgan fingerprint density at radius 1 is 1.12 bits per heavy atom. The Bertz CT molecular complexity index is 602. The van der Waals surface area contributed by atoms with Gasteiger partial charge in [0, 0.05) is 21.7 Å². The molecule has 1 aliphatic rings. The second-order valence-corrected chi connectivity index (χ2v) is 6.20. The molecule has 1 aromatic carbocycles. The number of para-hydroxylation sites is 1. The molecule has 1 N–H and O–H groups in total. The van der Waals surface area contributed by atoms with Crippen LogP contribution in [0.25, 0.3) is 0 Å². The summed E-state index contributed by atoms with van der Waals surface area (Å²) in [4.78, 5) is 0. The molecule has 2 rings (SSSR count). The summed E-state index contributed by atoms with van der Waals surface area (Å²) in [5.74, 6) is 0.396. The molecule has 0 aromatic heterocycles. The van der Waals surface area contributed by atoms with E-state index in [9.17, 15) is 5.11 Å². The van der Waals surface area contributed by atoms with Gasteiger partial charge in [0.2, 0.25) is 0 Å². The average molecular weight is 404 g/mol. The van der Waals surface area contributed by atoms with Crippen LogP contribution in [0, 0.1) is 18.4 Å². The summed E-state index contributed by atoms with van der Waals surface area (Å²) in [6.45, 7) is 16.4. The van der Waals surface area contributed by atoms with Crippen molar-refractivity contribution in [3.05, 3.63) is 64.8 Å². The van der Waals surface area contributed by atoms with Crippen LogP contribution >= 0.6 is 24.8 Å². The van der Waals surface area contributed by atoms with E-state index < -0.39 is 0 Å². The molecule has 0 heterocycles. The van der Waals surface area contributed by atoms with Gasteiger partial charge in [-0.3, -0.25) is 6.08 Å². The fraction of sp³-hybridized carbons (Fsp3) is 0.400. The maximum atomic E-state index is 9.48. The van der Waals surface area contributed by atoms with Gasteiger partial charge in [0.05, 0.1) is 0 Å². The number of halogens is 2. The molecule has 0 aliphatic heterocycles. The monoisotopic (exact) mass is 403 g/mol. The molecular weight excluding hydrogens is 375 g/mol. The molecule has 0 unspecified atom stereocenters. The van der Waals surface area contributed by atoms with Gasteiger partial charge < -0.3 is 5.11 Å². The minimum Gasteiger partial charge on any atom is -0.507 e. The predicted molar refractivity (Wildman–Crippen MR) is 106 cm³/mol. The van der Waals surface area contributed by atoms with E-state index in [-0.39, 0.29) is 51.9 Å². The van der Waals surface area contributed by atoms with Gasteiger partial charge >= 0.3 is 0 Å². The van der Waals surface area contributed by atoms with E-state index in [4.69, 9.17) is 0 Å². The summed E-state index contributed by atoms with van der Waals surface area (Å²) < 4.78 is 0. The molecule has 0 fully saturated rings. The van der Waals surface area contributed by atoms with Crippen LogP contribution in [-0.2, 0) is 28.1 Å². The SMILES string of the molecule is C=CCc1cccc(C)c1O.CC1=[C-]C(C)(C)C(C)=C1C.Cl.Cl.[Ti]. The van der Waals surface area contributed by atoms with Crippen molar-refractivity contribution in [1.29, 1.82) is 0 Å². The number of aryl methyl sites for hydroxylation is 1. The van der Waals surface area contributed by atoms with Gasteiger partial charge in [-0.2, -0.15) is 11.1 Å². The maximum absolute atomic E-state index is 9.48. The van der Waals surface area contributed by atoms with Crippen LogP contribution < -0.4 is 0 Å². The first-order valence-corrected chi connectivity index (χ1v) is 7.39. The zero-order valence-corrected chi connectivity index (χ0v) is 18.7. The van der Waals surface area contributed by atoms with Crippen molar-refractivity contribution in [1.82, 2.24) is 0 Å². The van der Waals surface area contributed by atoms with Crippen LogP contribution in [0.5, 0.6) is 5.75 Å². The Morgan fingerprint density at radius 3 is 2.00 bits per heavy atom. The van der Waals surface area contributed by atoms with Crippen molar-refractivity contribution in [3.63, 3.8) is 0 Å². The molecule has 4 heteroatoms.